The maximum Gasteiger partial charge on any atom is 0.127 e. The highest BCUT2D eigenvalue weighted by molar-refractivity contribution is 5.59. The van der Waals surface area contributed by atoms with Crippen LogP contribution in [0.15, 0.2) is 0 Å². The van der Waals surface area contributed by atoms with Gasteiger partial charge in [-0.15, -0.1) is 0 Å². The van der Waals surface area contributed by atoms with Crippen LogP contribution < -0.4 is 0 Å². The van der Waals surface area contributed by atoms with Crippen LogP contribution in [0, 0.1) is 5.41 Å². The summed E-state index contributed by atoms with van der Waals surface area (Å²) in [6.07, 6.45) is 2.87. The van der Waals surface area contributed by atoms with Crippen LogP contribution in [-0.2, 0) is 14.3 Å². The van der Waals surface area contributed by atoms with Crippen LogP contribution in [-0.4, -0.2) is 58.3 Å². The van der Waals surface area contributed by atoms with Crippen LogP contribution in [0.1, 0.15) is 26.7 Å². The highest BCUT2D eigenvalue weighted by Crippen LogP contribution is 2.24. The molecule has 0 saturated heterocycles. The van der Waals surface area contributed by atoms with Gasteiger partial charge in [0.25, 0.3) is 0 Å². The number of methoxy groups -OCH3 is 2. The van der Waals surface area contributed by atoms with E-state index >= 15 is 0 Å². The second kappa shape index (κ2) is 9.57. The van der Waals surface area contributed by atoms with Gasteiger partial charge < -0.3 is 14.3 Å². The number of hydrogen-bond donors (Lipinski definition) is 0. The Hall–Kier alpha value is -0.450. The van der Waals surface area contributed by atoms with Crippen LogP contribution in [0.25, 0.3) is 0 Å². The van der Waals surface area contributed by atoms with E-state index in [-0.39, 0.29) is 5.41 Å². The Labute approximate surface area is 105 Å². The standard InChI is InChI=1S/C13H27NO3/c1-5-13(6-2,12-15)11-14(7-9-16-3)8-10-17-4/h12H,5-11H2,1-4H3. The second-order valence-corrected chi connectivity index (χ2v) is 4.45. The van der Waals surface area contributed by atoms with E-state index in [4.69, 9.17) is 9.47 Å². The molecule has 4 heteroatoms. The average molecular weight is 245 g/mol. The van der Waals surface area contributed by atoms with Gasteiger partial charge >= 0.3 is 0 Å². The zero-order valence-electron chi connectivity index (χ0n) is 11.7. The van der Waals surface area contributed by atoms with E-state index in [2.05, 4.69) is 18.7 Å². The minimum absolute atomic E-state index is 0.221. The predicted octanol–water partition coefficient (Wildman–Crippen LogP) is 1.59. The van der Waals surface area contributed by atoms with Crippen LogP contribution in [0.3, 0.4) is 0 Å². The fourth-order valence-electron chi connectivity index (χ4n) is 1.83. The number of ether oxygens (including phenoxy) is 2. The molecule has 0 N–H and O–H groups in total. The van der Waals surface area contributed by atoms with Gasteiger partial charge in [-0.2, -0.15) is 0 Å². The van der Waals surface area contributed by atoms with E-state index in [1.54, 1.807) is 14.2 Å². The summed E-state index contributed by atoms with van der Waals surface area (Å²) in [7, 11) is 3.39. The zero-order valence-corrected chi connectivity index (χ0v) is 11.7. The molecule has 0 aromatic rings. The second-order valence-electron chi connectivity index (χ2n) is 4.45. The lowest BCUT2D eigenvalue weighted by Crippen LogP contribution is -2.41. The van der Waals surface area contributed by atoms with Crippen molar-refractivity contribution in [2.45, 2.75) is 26.7 Å². The van der Waals surface area contributed by atoms with Crippen molar-refractivity contribution in [1.82, 2.24) is 4.90 Å². The molecule has 0 unspecified atom stereocenters. The van der Waals surface area contributed by atoms with Gasteiger partial charge in [-0.05, 0) is 12.8 Å². The van der Waals surface area contributed by atoms with Crippen molar-refractivity contribution in [2.75, 3.05) is 47.1 Å². The first kappa shape index (κ1) is 16.6. The van der Waals surface area contributed by atoms with Gasteiger partial charge in [0, 0.05) is 39.3 Å². The largest absolute Gasteiger partial charge is 0.383 e. The summed E-state index contributed by atoms with van der Waals surface area (Å²) in [5, 5.41) is 0. The van der Waals surface area contributed by atoms with Crippen LogP contribution >= 0.6 is 0 Å². The maximum absolute atomic E-state index is 11.3. The lowest BCUT2D eigenvalue weighted by molar-refractivity contribution is -0.118. The third kappa shape index (κ3) is 6.15. The first-order valence-electron chi connectivity index (χ1n) is 6.34. The molecule has 0 heterocycles. The topological polar surface area (TPSA) is 38.8 Å². The van der Waals surface area contributed by atoms with Gasteiger partial charge in [0.05, 0.1) is 13.2 Å². The average Bonchev–Trinajstić information content (AvgIpc) is 2.38. The molecule has 0 atom stereocenters. The number of hydrogen-bond acceptors (Lipinski definition) is 4. The van der Waals surface area contributed by atoms with Crippen molar-refractivity contribution in [3.63, 3.8) is 0 Å². The highest BCUT2D eigenvalue weighted by Gasteiger charge is 2.28. The summed E-state index contributed by atoms with van der Waals surface area (Å²) in [6, 6.07) is 0. The van der Waals surface area contributed by atoms with Gasteiger partial charge in [-0.1, -0.05) is 13.8 Å². The van der Waals surface area contributed by atoms with Gasteiger partial charge in [0.1, 0.15) is 6.29 Å². The molecule has 4 nitrogen and oxygen atoms in total. The SMILES string of the molecule is CCC(C=O)(CC)CN(CCOC)CCOC. The molecule has 0 aliphatic rings. The van der Waals surface area contributed by atoms with E-state index in [1.165, 1.54) is 0 Å². The Morgan fingerprint density at radius 1 is 1.06 bits per heavy atom. The smallest absolute Gasteiger partial charge is 0.127 e. The number of nitrogens with zero attached hydrogens (tertiary/aromatic N) is 1. The molecule has 0 aliphatic heterocycles. The van der Waals surface area contributed by atoms with E-state index in [0.29, 0.717) is 13.2 Å². The van der Waals surface area contributed by atoms with Gasteiger partial charge in [0.15, 0.2) is 0 Å². The van der Waals surface area contributed by atoms with Crippen molar-refractivity contribution < 1.29 is 14.3 Å². The van der Waals surface area contributed by atoms with Crippen LogP contribution in [0.4, 0.5) is 0 Å². The molecule has 0 fully saturated rings. The zero-order chi connectivity index (χ0) is 13.1. The van der Waals surface area contributed by atoms with Crippen molar-refractivity contribution >= 4 is 6.29 Å². The molecule has 0 aliphatic carbocycles. The molecule has 17 heavy (non-hydrogen) atoms. The third-order valence-corrected chi connectivity index (χ3v) is 3.42. The quantitative estimate of drug-likeness (QED) is 0.518. The molecular weight excluding hydrogens is 218 g/mol. The van der Waals surface area contributed by atoms with Gasteiger partial charge in [-0.3, -0.25) is 4.90 Å². The predicted molar refractivity (Wildman–Crippen MR) is 69.3 cm³/mol. The summed E-state index contributed by atoms with van der Waals surface area (Å²) in [5.74, 6) is 0. The van der Waals surface area contributed by atoms with Crippen LogP contribution in [0.5, 0.6) is 0 Å². The lowest BCUT2D eigenvalue weighted by atomic mass is 9.83. The number of aldehydes is 1. The molecule has 0 aromatic heterocycles. The molecule has 0 saturated carbocycles. The summed E-state index contributed by atoms with van der Waals surface area (Å²) in [5.41, 5.74) is -0.221. The van der Waals surface area contributed by atoms with Gasteiger partial charge in [-0.25, -0.2) is 0 Å². The van der Waals surface area contributed by atoms with Crippen molar-refractivity contribution in [3.8, 4) is 0 Å². The Kier molecular flexibility index (Phi) is 9.31. The van der Waals surface area contributed by atoms with Crippen molar-refractivity contribution in [1.29, 1.82) is 0 Å². The number of carbonyl (C=O) groups is 1. The summed E-state index contributed by atoms with van der Waals surface area (Å²) in [6.45, 7) is 7.99. The Bertz CT molecular complexity index is 185. The van der Waals surface area contributed by atoms with E-state index in [0.717, 1.165) is 38.8 Å². The molecule has 0 amide bonds. The Morgan fingerprint density at radius 2 is 1.53 bits per heavy atom. The number of carbonyl (C=O) groups excluding carboxylic acids is 1. The maximum atomic E-state index is 11.3. The van der Waals surface area contributed by atoms with E-state index < -0.39 is 0 Å². The Morgan fingerprint density at radius 3 is 1.82 bits per heavy atom. The first-order valence-corrected chi connectivity index (χ1v) is 6.34. The van der Waals surface area contributed by atoms with Crippen molar-refractivity contribution in [2.24, 2.45) is 5.41 Å². The fraction of sp³-hybridized carbons (Fsp3) is 0.923. The molecule has 0 radical (unpaired) electrons. The van der Waals surface area contributed by atoms with Crippen molar-refractivity contribution in [3.05, 3.63) is 0 Å². The third-order valence-electron chi connectivity index (χ3n) is 3.42. The molecular formula is C13H27NO3. The van der Waals surface area contributed by atoms with Gasteiger partial charge in [0.2, 0.25) is 0 Å². The molecule has 0 bridgehead atoms. The van der Waals surface area contributed by atoms with E-state index in [1.807, 2.05) is 0 Å². The fourth-order valence-corrected chi connectivity index (χ4v) is 1.83. The highest BCUT2D eigenvalue weighted by atomic mass is 16.5. The minimum atomic E-state index is -0.221. The normalized spacial score (nSPS) is 12.1. The minimum Gasteiger partial charge on any atom is -0.383 e. The molecule has 0 aromatic carbocycles. The monoisotopic (exact) mass is 245 g/mol. The number of rotatable bonds is 11. The van der Waals surface area contributed by atoms with E-state index in [9.17, 15) is 4.79 Å². The summed E-state index contributed by atoms with van der Waals surface area (Å²) in [4.78, 5) is 13.5. The summed E-state index contributed by atoms with van der Waals surface area (Å²) >= 11 is 0. The summed E-state index contributed by atoms with van der Waals surface area (Å²) < 4.78 is 10.2. The molecule has 102 valence electrons. The molecule has 0 rings (SSSR count). The van der Waals surface area contributed by atoms with Crippen LogP contribution in [0.2, 0.25) is 0 Å². The lowest BCUT2D eigenvalue weighted by Gasteiger charge is -2.32. The first-order chi connectivity index (χ1) is 8.17. The molecule has 0 spiro atoms. The Balaban J connectivity index is 4.40.